The van der Waals surface area contributed by atoms with Crippen molar-refractivity contribution in [2.45, 2.75) is 12.8 Å². The van der Waals surface area contributed by atoms with Crippen molar-refractivity contribution in [1.29, 1.82) is 0 Å². The first-order valence-corrected chi connectivity index (χ1v) is 5.26. The molecule has 0 saturated heterocycles. The van der Waals surface area contributed by atoms with Gasteiger partial charge in [-0.2, -0.15) is 0 Å². The second kappa shape index (κ2) is 5.04. The number of hydrogen-bond acceptors (Lipinski definition) is 4. The minimum atomic E-state index is 0.450. The summed E-state index contributed by atoms with van der Waals surface area (Å²) in [5, 5.41) is 0. The van der Waals surface area contributed by atoms with Crippen LogP contribution in [0.3, 0.4) is 0 Å². The first-order chi connectivity index (χ1) is 7.40. The summed E-state index contributed by atoms with van der Waals surface area (Å²) in [7, 11) is 0. The van der Waals surface area contributed by atoms with Gasteiger partial charge in [-0.15, -0.1) is 0 Å². The highest BCUT2D eigenvalue weighted by Crippen LogP contribution is 2.30. The summed E-state index contributed by atoms with van der Waals surface area (Å²) in [6, 6.07) is 0. The molecule has 2 rings (SSSR count). The zero-order valence-electron chi connectivity index (χ0n) is 8.66. The van der Waals surface area contributed by atoms with E-state index in [1.165, 1.54) is 0 Å². The molecule has 0 radical (unpaired) electrons. The predicted molar refractivity (Wildman–Crippen MR) is 56.7 cm³/mol. The monoisotopic (exact) mass is 211 g/mol. The molecule has 5 heteroatoms. The first-order valence-electron chi connectivity index (χ1n) is 5.26. The summed E-state index contributed by atoms with van der Waals surface area (Å²) in [6.45, 7) is 2.27. The Hall–Kier alpha value is -1.20. The number of aromatic nitrogens is 1. The van der Waals surface area contributed by atoms with Gasteiger partial charge >= 0.3 is 0 Å². The van der Waals surface area contributed by atoms with E-state index in [-0.39, 0.29) is 0 Å². The van der Waals surface area contributed by atoms with E-state index < -0.39 is 0 Å². The maximum atomic E-state index is 5.62. The number of ether oxygens (including phenoxy) is 2. The minimum Gasteiger partial charge on any atom is -0.488 e. The molecule has 0 amide bonds. The smallest absolute Gasteiger partial charge is 0.178 e. The molecule has 0 saturated carbocycles. The van der Waals surface area contributed by atoms with Crippen LogP contribution in [0.5, 0.6) is 11.5 Å². The normalized spacial score (nSPS) is 16.3. The average Bonchev–Trinajstić information content (AvgIpc) is 2.61. The number of hydrogen-bond donors (Lipinski definition) is 3. The maximum Gasteiger partial charge on any atom is 0.178 e. The maximum absolute atomic E-state index is 5.62. The van der Waals surface area contributed by atoms with Crippen molar-refractivity contribution in [3.63, 3.8) is 0 Å². The second-order valence-corrected chi connectivity index (χ2v) is 3.77. The summed E-state index contributed by atoms with van der Waals surface area (Å²) in [6.07, 6.45) is 5.75. The Kier molecular flexibility index (Phi) is 3.47. The van der Waals surface area contributed by atoms with E-state index in [2.05, 4.69) is 10.4 Å². The fourth-order valence-electron chi connectivity index (χ4n) is 1.68. The van der Waals surface area contributed by atoms with Crippen molar-refractivity contribution in [3.05, 3.63) is 12.4 Å². The molecule has 15 heavy (non-hydrogen) atoms. The Morgan fingerprint density at radius 3 is 2.60 bits per heavy atom. The molecule has 4 N–H and O–H groups in total. The average molecular weight is 211 g/mol. The molecule has 84 valence electrons. The highest BCUT2D eigenvalue weighted by atomic mass is 16.5. The Labute approximate surface area is 88.9 Å². The molecule has 2 heterocycles. The third-order valence-electron chi connectivity index (χ3n) is 2.55. The Bertz CT molecular complexity index is 278. The molecule has 1 aliphatic heterocycles. The van der Waals surface area contributed by atoms with Gasteiger partial charge in [0.1, 0.15) is 0 Å². The number of nitrogens with one attached hydrogen (secondary N) is 2. The Balaban J connectivity index is 1.80. The second-order valence-electron chi connectivity index (χ2n) is 3.77. The van der Waals surface area contributed by atoms with Crippen LogP contribution in [0.2, 0.25) is 0 Å². The van der Waals surface area contributed by atoms with Crippen molar-refractivity contribution in [2.75, 3.05) is 19.8 Å². The van der Waals surface area contributed by atoms with Crippen molar-refractivity contribution >= 4 is 0 Å². The summed E-state index contributed by atoms with van der Waals surface area (Å²) >= 11 is 0. The van der Waals surface area contributed by atoms with Crippen molar-refractivity contribution in [2.24, 2.45) is 11.8 Å². The van der Waals surface area contributed by atoms with E-state index in [1.54, 1.807) is 0 Å². The van der Waals surface area contributed by atoms with Crippen LogP contribution in [-0.4, -0.2) is 24.7 Å². The third-order valence-corrected chi connectivity index (χ3v) is 2.55. The van der Waals surface area contributed by atoms with Crippen molar-refractivity contribution in [1.82, 2.24) is 10.4 Å². The zero-order valence-corrected chi connectivity index (χ0v) is 8.66. The molecule has 1 aromatic rings. The lowest BCUT2D eigenvalue weighted by Gasteiger charge is -2.12. The van der Waals surface area contributed by atoms with Gasteiger partial charge in [0.15, 0.2) is 11.5 Å². The van der Waals surface area contributed by atoms with Gasteiger partial charge in [-0.1, -0.05) is 0 Å². The van der Waals surface area contributed by atoms with E-state index in [0.717, 1.165) is 44.1 Å². The van der Waals surface area contributed by atoms with Gasteiger partial charge in [-0.3, -0.25) is 11.3 Å². The predicted octanol–water partition coefficient (Wildman–Crippen LogP) is 0.646. The molecule has 5 nitrogen and oxygen atoms in total. The van der Waals surface area contributed by atoms with Gasteiger partial charge in [0, 0.05) is 24.9 Å². The molecule has 0 bridgehead atoms. The van der Waals surface area contributed by atoms with Crippen LogP contribution >= 0.6 is 0 Å². The fourth-order valence-corrected chi connectivity index (χ4v) is 1.68. The third kappa shape index (κ3) is 2.64. The van der Waals surface area contributed by atoms with Gasteiger partial charge in [-0.25, -0.2) is 0 Å². The lowest BCUT2D eigenvalue weighted by molar-refractivity contribution is 0.202. The fraction of sp³-hybridized carbons (Fsp3) is 0.600. The van der Waals surface area contributed by atoms with Gasteiger partial charge in [0.2, 0.25) is 0 Å². The lowest BCUT2D eigenvalue weighted by atomic mass is 10.1. The van der Waals surface area contributed by atoms with E-state index >= 15 is 0 Å². The zero-order chi connectivity index (χ0) is 10.5. The van der Waals surface area contributed by atoms with Gasteiger partial charge in [0.25, 0.3) is 0 Å². The molecule has 0 unspecified atom stereocenters. The highest BCUT2D eigenvalue weighted by molar-refractivity contribution is 5.37. The summed E-state index contributed by atoms with van der Waals surface area (Å²) in [5.74, 6) is 7.29. The summed E-state index contributed by atoms with van der Waals surface area (Å²) < 4.78 is 11.2. The van der Waals surface area contributed by atoms with E-state index in [9.17, 15) is 0 Å². The largest absolute Gasteiger partial charge is 0.488 e. The van der Waals surface area contributed by atoms with Crippen LogP contribution < -0.4 is 20.7 Å². The molecule has 1 aromatic heterocycles. The number of H-pyrrole nitrogens is 1. The first kappa shape index (κ1) is 10.3. The van der Waals surface area contributed by atoms with Crippen molar-refractivity contribution in [3.8, 4) is 11.5 Å². The molecule has 0 atom stereocenters. The number of fused-ring (bicyclic) bond motifs is 1. The van der Waals surface area contributed by atoms with Crippen molar-refractivity contribution < 1.29 is 9.47 Å². The number of hydrazine groups is 1. The van der Waals surface area contributed by atoms with Gasteiger partial charge in [-0.05, 0) is 12.8 Å². The van der Waals surface area contributed by atoms with Crippen LogP contribution in [0, 0.1) is 5.92 Å². The molecular weight excluding hydrogens is 194 g/mol. The number of nitrogens with two attached hydrogens (primary N) is 1. The Morgan fingerprint density at radius 2 is 2.00 bits per heavy atom. The number of aromatic amines is 1. The van der Waals surface area contributed by atoms with E-state index in [1.807, 2.05) is 12.4 Å². The van der Waals surface area contributed by atoms with Gasteiger partial charge in [0.05, 0.1) is 13.2 Å². The summed E-state index contributed by atoms with van der Waals surface area (Å²) in [5.41, 5.74) is 2.65. The number of rotatable bonds is 4. The molecule has 0 fully saturated rings. The standard InChI is InChI=1S/C10H17N3O2/c11-13-3-1-2-8-6-14-9-4-12-5-10(9)15-7-8/h4-5,8,12-13H,1-3,6-7,11H2. The van der Waals surface area contributed by atoms with Crippen LogP contribution in [0.25, 0.3) is 0 Å². The minimum absolute atomic E-state index is 0.450. The molecule has 0 aromatic carbocycles. The van der Waals surface area contributed by atoms with Crippen LogP contribution in [0.15, 0.2) is 12.4 Å². The molecule has 0 aliphatic carbocycles. The van der Waals surface area contributed by atoms with Crippen LogP contribution in [0.1, 0.15) is 12.8 Å². The summed E-state index contributed by atoms with van der Waals surface area (Å²) in [4.78, 5) is 2.96. The molecular formula is C10H17N3O2. The lowest BCUT2D eigenvalue weighted by Crippen LogP contribution is -2.25. The quantitative estimate of drug-likeness (QED) is 0.388. The topological polar surface area (TPSA) is 72.3 Å². The highest BCUT2D eigenvalue weighted by Gasteiger charge is 2.18. The van der Waals surface area contributed by atoms with E-state index in [0.29, 0.717) is 5.92 Å². The molecule has 1 aliphatic rings. The van der Waals surface area contributed by atoms with Crippen LogP contribution in [0.4, 0.5) is 0 Å². The SMILES string of the molecule is NNCCCC1COc2c[nH]cc2OC1. The van der Waals surface area contributed by atoms with Gasteiger partial charge < -0.3 is 14.5 Å². The molecule has 0 spiro atoms. The Morgan fingerprint density at radius 1 is 1.33 bits per heavy atom. The van der Waals surface area contributed by atoms with E-state index in [4.69, 9.17) is 15.3 Å². The van der Waals surface area contributed by atoms with Crippen LogP contribution in [-0.2, 0) is 0 Å².